The van der Waals surface area contributed by atoms with Gasteiger partial charge in [0.05, 0.1) is 0 Å². The lowest BCUT2D eigenvalue weighted by atomic mass is 9.94. The Morgan fingerprint density at radius 1 is 0.933 bits per heavy atom. The molecule has 0 nitrogen and oxygen atoms in total. The van der Waals surface area contributed by atoms with Crippen LogP contribution in [0.25, 0.3) is 0 Å². The summed E-state index contributed by atoms with van der Waals surface area (Å²) >= 11 is 0. The van der Waals surface area contributed by atoms with Crippen molar-refractivity contribution < 1.29 is 0 Å². The monoisotopic (exact) mass is 214 g/mol. The quantitative estimate of drug-likeness (QED) is 0.429. The first kappa shape index (κ1) is 20.2. The van der Waals surface area contributed by atoms with Gasteiger partial charge < -0.3 is 0 Å². The Morgan fingerprint density at radius 2 is 1.20 bits per heavy atom. The van der Waals surface area contributed by atoms with Gasteiger partial charge in [-0.2, -0.15) is 0 Å². The van der Waals surface area contributed by atoms with E-state index in [9.17, 15) is 0 Å². The van der Waals surface area contributed by atoms with Gasteiger partial charge in [-0.1, -0.05) is 74.0 Å². The van der Waals surface area contributed by atoms with Crippen LogP contribution in [0.3, 0.4) is 0 Å². The molecule has 15 heavy (non-hydrogen) atoms. The summed E-state index contributed by atoms with van der Waals surface area (Å²) in [6.45, 7) is 19.8. The minimum Gasteiger partial charge on any atom is -0.0805 e. The number of rotatable bonds is 0. The molecule has 0 saturated heterocycles. The lowest BCUT2D eigenvalue weighted by Crippen LogP contribution is -2.00. The second kappa shape index (κ2) is 7.96. The highest BCUT2D eigenvalue weighted by molar-refractivity contribution is 5.00. The fourth-order valence-corrected chi connectivity index (χ4v) is 0.866. The van der Waals surface area contributed by atoms with Crippen LogP contribution in [0.2, 0.25) is 0 Å². The molecule has 0 bridgehead atoms. The van der Waals surface area contributed by atoms with Gasteiger partial charge in [0.25, 0.3) is 0 Å². The molecule has 0 heterocycles. The van der Waals surface area contributed by atoms with Crippen LogP contribution in [0.4, 0.5) is 0 Å². The van der Waals surface area contributed by atoms with E-state index in [1.54, 1.807) is 0 Å². The van der Waals surface area contributed by atoms with Crippen molar-refractivity contribution in [2.45, 2.75) is 76.2 Å². The highest BCUT2D eigenvalue weighted by Gasteiger charge is 2.03. The Bertz CT molecular complexity index is 155. The molecule has 0 aliphatic heterocycles. The van der Waals surface area contributed by atoms with Crippen LogP contribution >= 0.6 is 0 Å². The first-order valence-corrected chi connectivity index (χ1v) is 5.64. The summed E-state index contributed by atoms with van der Waals surface area (Å²) in [5.41, 5.74) is 2.30. The molecule has 0 unspecified atom stereocenters. The van der Waals surface area contributed by atoms with Crippen molar-refractivity contribution >= 4 is 0 Å². The second-order valence-corrected chi connectivity index (χ2v) is 6.50. The van der Waals surface area contributed by atoms with Crippen molar-refractivity contribution in [3.63, 3.8) is 0 Å². The third-order valence-electron chi connectivity index (χ3n) is 1.78. The van der Waals surface area contributed by atoms with Crippen LogP contribution in [0, 0.1) is 10.8 Å². The molecule has 0 heteroatoms. The largest absolute Gasteiger partial charge is 0.0805 e. The van der Waals surface area contributed by atoms with Crippen molar-refractivity contribution in [3.8, 4) is 0 Å². The Kier molecular flexibility index (Phi) is 10.7. The lowest BCUT2D eigenvalue weighted by molar-refractivity contribution is 0.398. The minimum atomic E-state index is 0. The maximum Gasteiger partial charge on any atom is -0.0201 e. The molecule has 94 valence electrons. The maximum absolute atomic E-state index is 2.27. The molecule has 0 spiro atoms. The summed E-state index contributed by atoms with van der Waals surface area (Å²) in [6.07, 6.45) is 3.54. The van der Waals surface area contributed by atoms with Crippen molar-refractivity contribution in [1.29, 1.82) is 0 Å². The van der Waals surface area contributed by atoms with Gasteiger partial charge in [-0.25, -0.2) is 0 Å². The summed E-state index contributed by atoms with van der Waals surface area (Å²) in [7, 11) is 0. The minimum absolute atomic E-state index is 0. The van der Waals surface area contributed by atoms with E-state index >= 15 is 0 Å². The molecule has 0 aliphatic carbocycles. The van der Waals surface area contributed by atoms with E-state index in [0.717, 1.165) is 0 Å². The average molecular weight is 214 g/mol. The van der Waals surface area contributed by atoms with Gasteiger partial charge in [0.1, 0.15) is 0 Å². The topological polar surface area (TPSA) is 0 Å². The zero-order valence-corrected chi connectivity index (χ0v) is 11.8. The van der Waals surface area contributed by atoms with Crippen LogP contribution in [-0.2, 0) is 0 Å². The standard InChI is InChI=1S/C8H16.C6H14.CH4/c1-7(2)6-8(3,4)5;1-5-6(2,3)4;/h6H,1-5H3;5H2,1-4H3;1H4. The van der Waals surface area contributed by atoms with E-state index in [1.807, 2.05) is 0 Å². The molecule has 0 radical (unpaired) electrons. The molecule has 0 aromatic rings. The molecule has 0 N–H and O–H groups in total. The fraction of sp³-hybridized carbons (Fsp3) is 0.867. The number of hydrogen-bond acceptors (Lipinski definition) is 0. The molecule has 0 aromatic carbocycles. The van der Waals surface area contributed by atoms with Gasteiger partial charge in [-0.3, -0.25) is 0 Å². The molecule has 0 saturated carbocycles. The second-order valence-electron chi connectivity index (χ2n) is 6.50. The van der Waals surface area contributed by atoms with Crippen LogP contribution in [-0.4, -0.2) is 0 Å². The summed E-state index contributed by atoms with van der Waals surface area (Å²) in [5.74, 6) is 0. The molecule has 0 fully saturated rings. The number of allylic oxidation sites excluding steroid dienone is 2. The molecule has 0 atom stereocenters. The predicted molar refractivity (Wildman–Crippen MR) is 75.4 cm³/mol. The summed E-state index contributed by atoms with van der Waals surface area (Å²) in [5, 5.41) is 0. The van der Waals surface area contributed by atoms with Crippen molar-refractivity contribution in [2.24, 2.45) is 10.8 Å². The van der Waals surface area contributed by atoms with Gasteiger partial charge in [0.2, 0.25) is 0 Å². The third-order valence-corrected chi connectivity index (χ3v) is 1.78. The highest BCUT2D eigenvalue weighted by atomic mass is 14.1. The molecule has 0 rings (SSSR count). The smallest absolute Gasteiger partial charge is 0.0201 e. The van der Waals surface area contributed by atoms with E-state index in [-0.39, 0.29) is 7.43 Å². The molecular weight excluding hydrogens is 180 g/mol. The van der Waals surface area contributed by atoms with Crippen LogP contribution in [0.15, 0.2) is 11.6 Å². The van der Waals surface area contributed by atoms with E-state index in [2.05, 4.69) is 68.4 Å². The van der Waals surface area contributed by atoms with E-state index < -0.39 is 0 Å². The van der Waals surface area contributed by atoms with Crippen molar-refractivity contribution in [1.82, 2.24) is 0 Å². The third kappa shape index (κ3) is 31.6. The molecule has 0 aromatic heterocycles. The Morgan fingerprint density at radius 3 is 1.20 bits per heavy atom. The van der Waals surface area contributed by atoms with E-state index in [4.69, 9.17) is 0 Å². The molecule has 0 amide bonds. The van der Waals surface area contributed by atoms with E-state index in [0.29, 0.717) is 10.8 Å². The predicted octanol–water partition coefficient (Wildman–Crippen LogP) is 6.08. The van der Waals surface area contributed by atoms with Gasteiger partial charge in [0.15, 0.2) is 0 Å². The van der Waals surface area contributed by atoms with E-state index in [1.165, 1.54) is 12.0 Å². The highest BCUT2D eigenvalue weighted by Crippen LogP contribution is 2.16. The number of hydrogen-bond donors (Lipinski definition) is 0. The van der Waals surface area contributed by atoms with Crippen molar-refractivity contribution in [3.05, 3.63) is 11.6 Å². The summed E-state index contributed by atoms with van der Waals surface area (Å²) in [6, 6.07) is 0. The normalized spacial score (nSPS) is 10.7. The summed E-state index contributed by atoms with van der Waals surface area (Å²) in [4.78, 5) is 0. The first-order chi connectivity index (χ1) is 5.98. The van der Waals surface area contributed by atoms with Gasteiger partial charge in [-0.15, -0.1) is 0 Å². The Balaban J connectivity index is -0.000000187. The Labute approximate surface area is 99.2 Å². The van der Waals surface area contributed by atoms with Crippen LogP contribution < -0.4 is 0 Å². The fourth-order valence-electron chi connectivity index (χ4n) is 0.866. The average Bonchev–Trinajstić information content (AvgIpc) is 1.81. The van der Waals surface area contributed by atoms with Crippen molar-refractivity contribution in [2.75, 3.05) is 0 Å². The van der Waals surface area contributed by atoms with Gasteiger partial charge >= 0.3 is 0 Å². The van der Waals surface area contributed by atoms with Gasteiger partial charge in [-0.05, 0) is 24.7 Å². The maximum atomic E-state index is 2.27. The Hall–Kier alpha value is -0.260. The van der Waals surface area contributed by atoms with Crippen LogP contribution in [0.1, 0.15) is 76.2 Å². The molecule has 0 aliphatic rings. The zero-order chi connectivity index (χ0) is 12.0. The first-order valence-electron chi connectivity index (χ1n) is 5.64. The molecular formula is C15H34. The van der Waals surface area contributed by atoms with Gasteiger partial charge in [0, 0.05) is 0 Å². The zero-order valence-electron chi connectivity index (χ0n) is 11.8. The summed E-state index contributed by atoms with van der Waals surface area (Å²) < 4.78 is 0. The SMILES string of the molecule is C.CC(C)=CC(C)(C)C.CCC(C)(C)C. The van der Waals surface area contributed by atoms with Crippen LogP contribution in [0.5, 0.6) is 0 Å². The lowest BCUT2D eigenvalue weighted by Gasteiger charge is -2.12.